The van der Waals surface area contributed by atoms with Crippen LogP contribution in [0, 0.1) is 17.8 Å². The van der Waals surface area contributed by atoms with Gasteiger partial charge in [0, 0.05) is 35.0 Å². The van der Waals surface area contributed by atoms with Crippen molar-refractivity contribution in [3.63, 3.8) is 0 Å². The van der Waals surface area contributed by atoms with Crippen molar-refractivity contribution in [1.29, 1.82) is 0 Å². The first-order chi connectivity index (χ1) is 19.9. The molecule has 1 saturated carbocycles. The topological polar surface area (TPSA) is 40.6 Å². The van der Waals surface area contributed by atoms with Gasteiger partial charge in [-0.05, 0) is 77.2 Å². The number of aryl methyl sites for hydroxylation is 1. The number of alkyl halides is 3. The Morgan fingerprint density at radius 3 is 1.74 bits per heavy atom. The highest BCUT2D eigenvalue weighted by Gasteiger charge is 2.50. The van der Waals surface area contributed by atoms with Crippen LogP contribution in [0.2, 0.25) is 0 Å². The number of nitrogens with zero attached hydrogens (tertiary/aromatic N) is 2. The van der Waals surface area contributed by atoms with Crippen LogP contribution in [-0.2, 0) is 6.42 Å². The molecule has 0 amide bonds. The van der Waals surface area contributed by atoms with Gasteiger partial charge < -0.3 is 9.80 Å². The van der Waals surface area contributed by atoms with Crippen LogP contribution in [0.5, 0.6) is 0 Å². The highest BCUT2D eigenvalue weighted by Crippen LogP contribution is 2.49. The minimum atomic E-state index is -4.22. The Morgan fingerprint density at radius 2 is 1.24 bits per heavy atom. The molecule has 0 atom stereocenters. The lowest BCUT2D eigenvalue weighted by Gasteiger charge is -2.34. The third-order valence-corrected chi connectivity index (χ3v) is 8.93. The number of carbonyl (C=O) groups excluding carboxylic acids is 2. The second kappa shape index (κ2) is 13.9. The predicted molar refractivity (Wildman–Crippen MR) is 162 cm³/mol. The van der Waals surface area contributed by atoms with Crippen molar-refractivity contribution in [2.24, 2.45) is 10.8 Å². The van der Waals surface area contributed by atoms with E-state index in [4.69, 9.17) is 0 Å². The molecule has 3 fully saturated rings. The van der Waals surface area contributed by atoms with Crippen LogP contribution in [0.15, 0.2) is 48.5 Å². The zero-order valence-corrected chi connectivity index (χ0v) is 25.6. The molecule has 2 saturated heterocycles. The number of hydrogen-bond acceptors (Lipinski definition) is 4. The van der Waals surface area contributed by atoms with Gasteiger partial charge in [-0.2, -0.15) is 13.2 Å². The lowest BCUT2D eigenvalue weighted by atomic mass is 9.83. The number of halogens is 3. The van der Waals surface area contributed by atoms with Gasteiger partial charge in [0.25, 0.3) is 0 Å². The quantitative estimate of drug-likeness (QED) is 0.281. The summed E-state index contributed by atoms with van der Waals surface area (Å²) in [5, 5.41) is 0. The maximum Gasteiger partial charge on any atom is 0.393 e. The monoisotopic (exact) mass is 584 g/mol. The molecular weight excluding hydrogens is 537 g/mol. The molecule has 0 aromatic heterocycles. The molecule has 230 valence electrons. The molecule has 42 heavy (non-hydrogen) atoms. The highest BCUT2D eigenvalue weighted by molar-refractivity contribution is 6.02. The van der Waals surface area contributed by atoms with E-state index in [1.54, 1.807) is 0 Å². The number of ketones is 2. The largest absolute Gasteiger partial charge is 0.393 e. The summed E-state index contributed by atoms with van der Waals surface area (Å²) < 4.78 is 37.1. The Balaban J connectivity index is 0.000000196. The van der Waals surface area contributed by atoms with E-state index in [0.717, 1.165) is 50.9 Å². The minimum Gasteiger partial charge on any atom is -0.302 e. The van der Waals surface area contributed by atoms with Crippen LogP contribution >= 0.6 is 0 Å². The predicted octanol–water partition coefficient (Wildman–Crippen LogP) is 7.93. The van der Waals surface area contributed by atoms with Crippen molar-refractivity contribution < 1.29 is 22.8 Å². The Hall–Kier alpha value is -2.51. The molecule has 3 aliphatic rings. The zero-order chi connectivity index (χ0) is 30.4. The van der Waals surface area contributed by atoms with Crippen molar-refractivity contribution in [3.05, 3.63) is 70.8 Å². The van der Waals surface area contributed by atoms with Crippen LogP contribution in [0.3, 0.4) is 0 Å². The van der Waals surface area contributed by atoms with Crippen LogP contribution in [-0.4, -0.2) is 66.8 Å². The van der Waals surface area contributed by atoms with E-state index in [1.807, 2.05) is 38.1 Å². The average Bonchev–Trinajstić information content (AvgIpc) is 3.74. The molecule has 2 aliphatic heterocycles. The molecular formula is C35H47F3N2O2. The second-order valence-electron chi connectivity index (χ2n) is 13.4. The van der Waals surface area contributed by atoms with Gasteiger partial charge in [0.2, 0.25) is 0 Å². The fraction of sp³-hybridized carbons (Fsp3) is 0.600. The molecule has 7 heteroatoms. The van der Waals surface area contributed by atoms with Gasteiger partial charge >= 0.3 is 6.18 Å². The van der Waals surface area contributed by atoms with Crippen LogP contribution in [0.1, 0.15) is 97.1 Å². The van der Waals surface area contributed by atoms with Crippen molar-refractivity contribution in [2.45, 2.75) is 84.7 Å². The fourth-order valence-corrected chi connectivity index (χ4v) is 6.31. The Bertz CT molecular complexity index is 1170. The molecule has 0 bridgehead atoms. The summed E-state index contributed by atoms with van der Waals surface area (Å²) in [5.74, 6) is 0.361. The van der Waals surface area contributed by atoms with Gasteiger partial charge in [0.05, 0.1) is 6.42 Å². The number of piperidine rings is 2. The van der Waals surface area contributed by atoms with Crippen molar-refractivity contribution >= 4 is 11.6 Å². The van der Waals surface area contributed by atoms with Crippen LogP contribution in [0.25, 0.3) is 0 Å². The number of benzene rings is 2. The van der Waals surface area contributed by atoms with E-state index in [1.165, 1.54) is 68.6 Å². The first-order valence-corrected chi connectivity index (χ1v) is 15.6. The van der Waals surface area contributed by atoms with Gasteiger partial charge in [-0.1, -0.05) is 80.8 Å². The molecule has 0 spiro atoms. The van der Waals surface area contributed by atoms with E-state index in [2.05, 4.69) is 16.7 Å². The molecule has 0 N–H and O–H groups in total. The van der Waals surface area contributed by atoms with Gasteiger partial charge in [0.1, 0.15) is 0 Å². The summed E-state index contributed by atoms with van der Waals surface area (Å²) in [6, 6.07) is 13.9. The second-order valence-corrected chi connectivity index (χ2v) is 13.4. The first-order valence-electron chi connectivity index (χ1n) is 15.6. The molecule has 2 aromatic carbocycles. The minimum absolute atomic E-state index is 0.0124. The zero-order valence-electron chi connectivity index (χ0n) is 25.6. The Kier molecular flexibility index (Phi) is 10.7. The van der Waals surface area contributed by atoms with Gasteiger partial charge in [-0.25, -0.2) is 0 Å². The molecule has 2 aromatic rings. The molecule has 4 nitrogen and oxygen atoms in total. The lowest BCUT2D eigenvalue weighted by Crippen LogP contribution is -2.41. The van der Waals surface area contributed by atoms with Crippen LogP contribution < -0.4 is 0 Å². The van der Waals surface area contributed by atoms with Gasteiger partial charge in [-0.15, -0.1) is 0 Å². The number of carbonyl (C=O) groups is 2. The Labute approximate surface area is 249 Å². The fourth-order valence-electron chi connectivity index (χ4n) is 6.31. The van der Waals surface area contributed by atoms with E-state index < -0.39 is 18.0 Å². The maximum absolute atomic E-state index is 12.7. The normalized spacial score (nSPS) is 19.5. The van der Waals surface area contributed by atoms with Gasteiger partial charge in [-0.3, -0.25) is 9.59 Å². The van der Waals surface area contributed by atoms with E-state index >= 15 is 0 Å². The number of likely N-dealkylation sites (tertiary alicyclic amines) is 2. The first kappa shape index (κ1) is 32.4. The third-order valence-electron chi connectivity index (χ3n) is 8.93. The van der Waals surface area contributed by atoms with Gasteiger partial charge in [0.15, 0.2) is 11.6 Å². The molecule has 1 aliphatic carbocycles. The summed E-state index contributed by atoms with van der Waals surface area (Å²) in [6.07, 6.45) is 4.50. The molecule has 0 radical (unpaired) electrons. The van der Waals surface area contributed by atoms with E-state index in [9.17, 15) is 22.8 Å². The molecule has 5 rings (SSSR count). The molecule has 0 unspecified atom stereocenters. The maximum atomic E-state index is 12.7. The average molecular weight is 585 g/mol. The molecule has 2 heterocycles. The summed E-state index contributed by atoms with van der Waals surface area (Å²) in [6.45, 7) is 12.0. The SMILES string of the molecule is CC(C)(CN1CCCCC1)C(=O)c1ccc(CC(F)(F)F)cc1.Cc1ccc(C(=O)C2(CN3CCCCC3)CC2)cc1. The van der Waals surface area contributed by atoms with Crippen LogP contribution in [0.4, 0.5) is 13.2 Å². The van der Waals surface area contributed by atoms with E-state index in [-0.39, 0.29) is 16.8 Å². The van der Waals surface area contributed by atoms with Crippen molar-refractivity contribution in [2.75, 3.05) is 39.3 Å². The summed E-state index contributed by atoms with van der Waals surface area (Å²) in [4.78, 5) is 30.2. The highest BCUT2D eigenvalue weighted by atomic mass is 19.4. The third kappa shape index (κ3) is 9.24. The van der Waals surface area contributed by atoms with Crippen molar-refractivity contribution in [3.8, 4) is 0 Å². The summed E-state index contributed by atoms with van der Waals surface area (Å²) in [5.41, 5.74) is 2.20. The standard InChI is InChI=1S/C18H24F3NO.C17H23NO/c1-17(2,13-22-10-4-3-5-11-22)16(23)15-8-6-14(7-9-15)12-18(19,20)21;1-14-5-7-15(8-6-14)16(19)17(9-10-17)13-18-11-3-2-4-12-18/h6-9H,3-5,10-13H2,1-2H3;5-8H,2-4,9-13H2,1H3. The number of hydrogen-bond donors (Lipinski definition) is 0. The smallest absolute Gasteiger partial charge is 0.302 e. The van der Waals surface area contributed by atoms with Crippen molar-refractivity contribution in [1.82, 2.24) is 9.80 Å². The number of Topliss-reactive ketones (excluding diaryl/α,β-unsaturated/α-hetero) is 2. The summed E-state index contributed by atoms with van der Waals surface area (Å²) >= 11 is 0. The lowest BCUT2D eigenvalue weighted by molar-refractivity contribution is -0.127. The van der Waals surface area contributed by atoms with E-state index in [0.29, 0.717) is 17.9 Å². The Morgan fingerprint density at radius 1 is 0.738 bits per heavy atom. The number of rotatable bonds is 9. The summed E-state index contributed by atoms with van der Waals surface area (Å²) in [7, 11) is 0.